The van der Waals surface area contributed by atoms with Gasteiger partial charge in [0.15, 0.2) is 17.3 Å². The van der Waals surface area contributed by atoms with Gasteiger partial charge in [-0.2, -0.15) is 0 Å². The van der Waals surface area contributed by atoms with E-state index in [4.69, 9.17) is 4.74 Å². The molecule has 0 radical (unpaired) electrons. The molecule has 1 atom stereocenters. The molecule has 3 aliphatic rings. The van der Waals surface area contributed by atoms with Crippen molar-refractivity contribution in [2.24, 2.45) is 0 Å². The molecular weight excluding hydrogens is 266 g/mol. The number of benzene rings is 1. The van der Waals surface area contributed by atoms with Crippen molar-refractivity contribution in [1.29, 1.82) is 0 Å². The Hall–Kier alpha value is -2.07. The molecule has 1 heterocycles. The highest BCUT2D eigenvalue weighted by Gasteiger charge is 2.46. The van der Waals surface area contributed by atoms with Gasteiger partial charge < -0.3 is 15.2 Å². The molecule has 1 unspecified atom stereocenters. The number of aromatic hydroxyl groups is 1. The van der Waals surface area contributed by atoms with E-state index in [0.717, 1.165) is 24.9 Å². The van der Waals surface area contributed by atoms with Gasteiger partial charge in [-0.05, 0) is 48.7 Å². The van der Waals surface area contributed by atoms with Crippen LogP contribution < -0.4 is 10.1 Å². The van der Waals surface area contributed by atoms with Crippen molar-refractivity contribution in [1.82, 2.24) is 5.32 Å². The molecule has 2 N–H and O–H groups in total. The first kappa shape index (κ1) is 12.7. The van der Waals surface area contributed by atoms with E-state index in [0.29, 0.717) is 5.75 Å². The quantitative estimate of drug-likeness (QED) is 0.827. The minimum absolute atomic E-state index is 0.00364. The highest BCUT2D eigenvalue weighted by Crippen LogP contribution is 2.55. The molecule has 4 heteroatoms. The minimum Gasteiger partial charge on any atom is -0.504 e. The van der Waals surface area contributed by atoms with Gasteiger partial charge in [0.05, 0.1) is 7.11 Å². The molecule has 0 bridgehead atoms. The Bertz CT molecular complexity index is 686. The van der Waals surface area contributed by atoms with Gasteiger partial charge in [0.1, 0.15) is 0 Å². The second-order valence-corrected chi connectivity index (χ2v) is 5.95. The molecule has 108 valence electrons. The molecule has 1 aliphatic heterocycles. The second-order valence-electron chi connectivity index (χ2n) is 5.95. The van der Waals surface area contributed by atoms with Crippen LogP contribution in [-0.2, 0) is 16.6 Å². The first-order valence-corrected chi connectivity index (χ1v) is 7.24. The lowest BCUT2D eigenvalue weighted by Gasteiger charge is -2.26. The summed E-state index contributed by atoms with van der Waals surface area (Å²) in [5.41, 5.74) is 2.91. The normalized spacial score (nSPS) is 24.4. The fourth-order valence-corrected chi connectivity index (χ4v) is 3.92. The van der Waals surface area contributed by atoms with Gasteiger partial charge in [-0.25, -0.2) is 0 Å². The van der Waals surface area contributed by atoms with Crippen LogP contribution in [0.2, 0.25) is 0 Å². The molecule has 0 amide bonds. The molecule has 0 aromatic heterocycles. The molecule has 4 nitrogen and oxygen atoms in total. The summed E-state index contributed by atoms with van der Waals surface area (Å²) in [4.78, 5) is 11.5. The monoisotopic (exact) mass is 283 g/mol. The van der Waals surface area contributed by atoms with Crippen LogP contribution in [-0.4, -0.2) is 24.5 Å². The summed E-state index contributed by atoms with van der Waals surface area (Å²) in [6.45, 7) is 0.924. The number of carbonyl (C=O) groups is 1. The van der Waals surface area contributed by atoms with Crippen molar-refractivity contribution in [3.63, 3.8) is 0 Å². The molecule has 21 heavy (non-hydrogen) atoms. The Morgan fingerprint density at radius 1 is 1.38 bits per heavy atom. The van der Waals surface area contributed by atoms with E-state index in [2.05, 4.69) is 5.32 Å². The predicted molar refractivity (Wildman–Crippen MR) is 78.7 cm³/mol. The fourth-order valence-electron chi connectivity index (χ4n) is 3.92. The van der Waals surface area contributed by atoms with Crippen LogP contribution in [0.5, 0.6) is 11.5 Å². The molecule has 0 saturated carbocycles. The third kappa shape index (κ3) is 1.62. The van der Waals surface area contributed by atoms with Gasteiger partial charge in [0.25, 0.3) is 0 Å². The Kier molecular flexibility index (Phi) is 2.54. The molecule has 2 aliphatic carbocycles. The predicted octanol–water partition coefficient (Wildman–Crippen LogP) is 1.92. The van der Waals surface area contributed by atoms with E-state index in [1.165, 1.54) is 11.1 Å². The summed E-state index contributed by atoms with van der Waals surface area (Å²) in [6, 6.07) is 2.17. The zero-order chi connectivity index (χ0) is 14.6. The topological polar surface area (TPSA) is 58.6 Å². The average molecular weight is 283 g/mol. The molecule has 4 rings (SSSR count). The number of allylic oxidation sites excluding steroid dienone is 4. The molecular formula is C17H17NO3. The summed E-state index contributed by atoms with van der Waals surface area (Å²) < 4.78 is 5.34. The van der Waals surface area contributed by atoms with E-state index in [1.807, 2.05) is 18.2 Å². The highest BCUT2D eigenvalue weighted by molar-refractivity contribution is 6.01. The van der Waals surface area contributed by atoms with Crippen molar-refractivity contribution in [3.8, 4) is 11.5 Å². The van der Waals surface area contributed by atoms with Crippen LogP contribution in [0, 0.1) is 0 Å². The third-order valence-corrected chi connectivity index (χ3v) is 4.84. The number of phenolic OH excluding ortho intramolecular Hbond substituents is 1. The maximum absolute atomic E-state index is 11.5. The lowest BCUT2D eigenvalue weighted by molar-refractivity contribution is -0.110. The zero-order valence-electron chi connectivity index (χ0n) is 11.8. The number of hydrogen-bond donors (Lipinski definition) is 2. The second kappa shape index (κ2) is 4.21. The number of ether oxygens (including phenoxy) is 1. The molecule has 1 aromatic carbocycles. The Labute approximate surface area is 123 Å². The third-order valence-electron chi connectivity index (χ3n) is 4.84. The summed E-state index contributed by atoms with van der Waals surface area (Å²) in [7, 11) is 1.57. The Morgan fingerprint density at radius 3 is 2.86 bits per heavy atom. The van der Waals surface area contributed by atoms with Crippen LogP contribution in [0.25, 0.3) is 0 Å². The number of hydrogen-bond acceptors (Lipinski definition) is 4. The van der Waals surface area contributed by atoms with Crippen molar-refractivity contribution >= 4 is 5.78 Å². The zero-order valence-corrected chi connectivity index (χ0v) is 11.8. The van der Waals surface area contributed by atoms with Gasteiger partial charge in [0, 0.05) is 17.0 Å². The number of fused-ring (bicyclic) bond motifs is 1. The Balaban J connectivity index is 2.00. The summed E-state index contributed by atoms with van der Waals surface area (Å²) in [6.07, 6.45) is 8.80. The van der Waals surface area contributed by atoms with Gasteiger partial charge in [-0.3, -0.25) is 4.79 Å². The molecule has 1 aromatic rings. The number of carbonyl (C=O) groups excluding carboxylic acids is 1. The maximum Gasteiger partial charge on any atom is 0.178 e. The van der Waals surface area contributed by atoms with Crippen LogP contribution in [0.15, 0.2) is 30.4 Å². The summed E-state index contributed by atoms with van der Waals surface area (Å²) >= 11 is 0. The van der Waals surface area contributed by atoms with Crippen molar-refractivity contribution in [3.05, 3.63) is 47.1 Å². The van der Waals surface area contributed by atoms with Gasteiger partial charge in [0.2, 0.25) is 0 Å². The maximum atomic E-state index is 11.5. The van der Waals surface area contributed by atoms with E-state index < -0.39 is 5.41 Å². The minimum atomic E-state index is -0.404. The van der Waals surface area contributed by atoms with E-state index in [-0.39, 0.29) is 17.6 Å². The van der Waals surface area contributed by atoms with Crippen LogP contribution in [0.4, 0.5) is 0 Å². The summed E-state index contributed by atoms with van der Waals surface area (Å²) in [5, 5.41) is 14.2. The fraction of sp³-hybridized carbons (Fsp3) is 0.353. The largest absolute Gasteiger partial charge is 0.504 e. The SMILES string of the molecule is COc1cc2c3c(c1O)C1(C=CC(=O)C=C1)CC3NCC2. The van der Waals surface area contributed by atoms with Gasteiger partial charge >= 0.3 is 0 Å². The van der Waals surface area contributed by atoms with E-state index in [1.54, 1.807) is 19.3 Å². The highest BCUT2D eigenvalue weighted by atomic mass is 16.5. The number of ketones is 1. The smallest absolute Gasteiger partial charge is 0.178 e. The summed E-state index contributed by atoms with van der Waals surface area (Å²) in [5.74, 6) is 0.714. The Morgan fingerprint density at radius 2 is 2.14 bits per heavy atom. The van der Waals surface area contributed by atoms with Crippen LogP contribution in [0.1, 0.15) is 29.2 Å². The molecule has 0 fully saturated rings. The van der Waals surface area contributed by atoms with E-state index >= 15 is 0 Å². The van der Waals surface area contributed by atoms with Crippen molar-refractivity contribution in [2.75, 3.05) is 13.7 Å². The van der Waals surface area contributed by atoms with Crippen LogP contribution >= 0.6 is 0 Å². The molecule has 1 spiro atoms. The first-order valence-electron chi connectivity index (χ1n) is 7.24. The first-order chi connectivity index (χ1) is 10.1. The lowest BCUT2D eigenvalue weighted by atomic mass is 9.77. The number of rotatable bonds is 1. The van der Waals surface area contributed by atoms with Gasteiger partial charge in [-0.1, -0.05) is 12.2 Å². The number of methoxy groups -OCH3 is 1. The number of phenols is 1. The molecule has 0 saturated heterocycles. The van der Waals surface area contributed by atoms with Gasteiger partial charge in [-0.15, -0.1) is 0 Å². The standard InChI is InChI=1S/C17H17NO3/c1-21-13-8-10-4-7-18-12-9-17(5-2-11(19)3-6-17)15(14(10)12)16(13)20/h2-3,5-6,8,12,18,20H,4,7,9H2,1H3. The van der Waals surface area contributed by atoms with Crippen molar-refractivity contribution in [2.45, 2.75) is 24.3 Å². The number of nitrogens with one attached hydrogen (secondary N) is 1. The average Bonchev–Trinajstić information content (AvgIpc) is 2.82. The van der Waals surface area contributed by atoms with Crippen molar-refractivity contribution < 1.29 is 14.6 Å². The lowest BCUT2D eigenvalue weighted by Crippen LogP contribution is -2.28. The van der Waals surface area contributed by atoms with E-state index in [9.17, 15) is 9.90 Å². The van der Waals surface area contributed by atoms with Crippen LogP contribution in [0.3, 0.4) is 0 Å².